The fraction of sp³-hybridized carbons (Fsp3) is 0.188. The van der Waals surface area contributed by atoms with Crippen LogP contribution in [-0.4, -0.2) is 11.4 Å². The Bertz CT molecular complexity index is 702. The van der Waals surface area contributed by atoms with Crippen LogP contribution in [0.3, 0.4) is 0 Å². The van der Waals surface area contributed by atoms with Gasteiger partial charge in [-0.1, -0.05) is 47.1 Å². The Morgan fingerprint density at radius 2 is 1.78 bits per heavy atom. The third kappa shape index (κ3) is 5.17. The number of anilines is 1. The van der Waals surface area contributed by atoms with Gasteiger partial charge in [0, 0.05) is 12.1 Å². The Morgan fingerprint density at radius 1 is 1.17 bits per heavy atom. The van der Waals surface area contributed by atoms with Crippen LogP contribution < -0.4 is 10.1 Å². The smallest absolute Gasteiger partial charge is 0.157 e. The average molecular weight is 483 g/mol. The molecule has 2 aromatic carbocycles. The number of thioether (sulfide) groups is 1. The third-order valence-corrected chi connectivity index (χ3v) is 4.35. The minimum absolute atomic E-state index is 0. The number of hydrogen-bond acceptors (Lipinski definition) is 3. The average Bonchev–Trinajstić information content (AvgIpc) is 2.47. The number of amidine groups is 1. The Hall–Kier alpha value is -0.630. The zero-order valence-electron chi connectivity index (χ0n) is 12.9. The summed E-state index contributed by atoms with van der Waals surface area (Å²) < 4.78 is 5.88. The van der Waals surface area contributed by atoms with Crippen molar-refractivity contribution < 1.29 is 4.74 Å². The van der Waals surface area contributed by atoms with Crippen LogP contribution in [0.25, 0.3) is 0 Å². The molecule has 124 valence electrons. The lowest BCUT2D eigenvalue weighted by atomic mass is 10.1. The van der Waals surface area contributed by atoms with Crippen molar-refractivity contribution in [1.29, 1.82) is 5.41 Å². The maximum absolute atomic E-state index is 7.66. The normalized spacial score (nSPS) is 9.96. The van der Waals surface area contributed by atoms with Crippen molar-refractivity contribution in [3.8, 4) is 11.5 Å². The maximum Gasteiger partial charge on any atom is 0.157 e. The number of nitrogens with one attached hydrogen (secondary N) is 2. The van der Waals surface area contributed by atoms with Gasteiger partial charge >= 0.3 is 0 Å². The Labute approximate surface area is 167 Å². The van der Waals surface area contributed by atoms with Crippen molar-refractivity contribution in [1.82, 2.24) is 0 Å². The summed E-state index contributed by atoms with van der Waals surface area (Å²) in [5.41, 5.74) is 2.73. The molecule has 0 atom stereocenters. The SMILES string of the molecule is CSC(=N)Nc1c(Cl)cc(Oc2cccc(C)c2C)cc1Cl.I. The summed E-state index contributed by atoms with van der Waals surface area (Å²) in [5.74, 6) is 1.33. The van der Waals surface area contributed by atoms with Crippen molar-refractivity contribution in [2.24, 2.45) is 0 Å². The van der Waals surface area contributed by atoms with E-state index in [1.165, 1.54) is 11.8 Å². The molecule has 0 fully saturated rings. The molecule has 0 heterocycles. The van der Waals surface area contributed by atoms with Gasteiger partial charge in [0.15, 0.2) is 5.17 Å². The highest BCUT2D eigenvalue weighted by Crippen LogP contribution is 2.37. The van der Waals surface area contributed by atoms with Gasteiger partial charge in [0.05, 0.1) is 15.7 Å². The first-order chi connectivity index (χ1) is 10.4. The second-order valence-corrected chi connectivity index (χ2v) is 6.35. The summed E-state index contributed by atoms with van der Waals surface area (Å²) in [4.78, 5) is 0. The first kappa shape index (κ1) is 20.4. The van der Waals surface area contributed by atoms with E-state index < -0.39 is 0 Å². The lowest BCUT2D eigenvalue weighted by molar-refractivity contribution is 0.478. The van der Waals surface area contributed by atoms with Gasteiger partial charge in [0.1, 0.15) is 11.5 Å². The molecule has 0 aliphatic heterocycles. The van der Waals surface area contributed by atoms with E-state index >= 15 is 0 Å². The largest absolute Gasteiger partial charge is 0.457 e. The zero-order valence-corrected chi connectivity index (χ0v) is 17.5. The molecule has 2 N–H and O–H groups in total. The summed E-state index contributed by atoms with van der Waals surface area (Å²) in [6.07, 6.45) is 1.80. The summed E-state index contributed by atoms with van der Waals surface area (Å²) in [7, 11) is 0. The molecule has 0 bridgehead atoms. The second kappa shape index (κ2) is 9.01. The predicted molar refractivity (Wildman–Crippen MR) is 113 cm³/mol. The van der Waals surface area contributed by atoms with Crippen molar-refractivity contribution in [2.75, 3.05) is 11.6 Å². The van der Waals surface area contributed by atoms with Crippen molar-refractivity contribution >= 4 is 69.8 Å². The summed E-state index contributed by atoms with van der Waals surface area (Å²) in [5, 5.41) is 11.6. The first-order valence-corrected chi connectivity index (χ1v) is 8.53. The highest BCUT2D eigenvalue weighted by atomic mass is 127. The molecule has 23 heavy (non-hydrogen) atoms. The molecular formula is C16H17Cl2IN2OS. The standard InChI is InChI=1S/C16H16Cl2N2OS.HI/c1-9-5-4-6-14(10(9)2)21-11-7-12(17)15(13(18)8-11)20-16(19)22-3;/h4-8H,1-3H3,(H2,19,20);1H. The van der Waals surface area contributed by atoms with E-state index in [0.717, 1.165) is 16.9 Å². The van der Waals surface area contributed by atoms with Gasteiger partial charge in [0.2, 0.25) is 0 Å². The fourth-order valence-corrected chi connectivity index (χ4v) is 2.62. The number of ether oxygens (including phenoxy) is 1. The minimum Gasteiger partial charge on any atom is -0.457 e. The molecule has 7 heteroatoms. The van der Waals surface area contributed by atoms with E-state index in [2.05, 4.69) is 5.32 Å². The Morgan fingerprint density at radius 3 is 2.35 bits per heavy atom. The monoisotopic (exact) mass is 482 g/mol. The van der Waals surface area contributed by atoms with Gasteiger partial charge in [-0.15, -0.1) is 24.0 Å². The van der Waals surface area contributed by atoms with Gasteiger partial charge in [-0.05, 0) is 37.3 Å². The van der Waals surface area contributed by atoms with Crippen LogP contribution in [0, 0.1) is 19.3 Å². The second-order valence-electron chi connectivity index (χ2n) is 4.72. The van der Waals surface area contributed by atoms with Crippen LogP contribution in [0.1, 0.15) is 11.1 Å². The molecule has 0 spiro atoms. The van der Waals surface area contributed by atoms with Crippen LogP contribution in [0.15, 0.2) is 30.3 Å². The Balaban J connectivity index is 0.00000264. The van der Waals surface area contributed by atoms with E-state index in [4.69, 9.17) is 33.3 Å². The van der Waals surface area contributed by atoms with Crippen molar-refractivity contribution in [2.45, 2.75) is 13.8 Å². The van der Waals surface area contributed by atoms with Gasteiger partial charge < -0.3 is 10.1 Å². The highest BCUT2D eigenvalue weighted by molar-refractivity contribution is 14.0. The minimum atomic E-state index is 0. The zero-order chi connectivity index (χ0) is 16.3. The lowest BCUT2D eigenvalue weighted by Crippen LogP contribution is -2.06. The van der Waals surface area contributed by atoms with Gasteiger partial charge in [-0.25, -0.2) is 0 Å². The fourth-order valence-electron chi connectivity index (χ4n) is 1.85. The van der Waals surface area contributed by atoms with E-state index in [1.54, 1.807) is 18.4 Å². The molecule has 0 aromatic heterocycles. The molecular weight excluding hydrogens is 466 g/mol. The molecule has 0 saturated carbocycles. The van der Waals surface area contributed by atoms with E-state index in [1.807, 2.05) is 32.0 Å². The van der Waals surface area contributed by atoms with Gasteiger partial charge in [-0.3, -0.25) is 5.41 Å². The summed E-state index contributed by atoms with van der Waals surface area (Å²) in [6.45, 7) is 4.03. The molecule has 0 saturated heterocycles. The van der Waals surface area contributed by atoms with Crippen LogP contribution in [0.4, 0.5) is 5.69 Å². The number of benzene rings is 2. The molecule has 2 rings (SSSR count). The van der Waals surface area contributed by atoms with Crippen LogP contribution in [0.2, 0.25) is 10.0 Å². The number of hydrogen-bond donors (Lipinski definition) is 2. The number of aryl methyl sites for hydroxylation is 1. The van der Waals surface area contributed by atoms with E-state index in [9.17, 15) is 0 Å². The van der Waals surface area contributed by atoms with Crippen molar-refractivity contribution in [3.63, 3.8) is 0 Å². The Kier molecular flexibility index (Phi) is 8.00. The third-order valence-electron chi connectivity index (χ3n) is 3.24. The summed E-state index contributed by atoms with van der Waals surface area (Å²) in [6, 6.07) is 9.25. The maximum atomic E-state index is 7.66. The van der Waals surface area contributed by atoms with Crippen LogP contribution in [0.5, 0.6) is 11.5 Å². The molecule has 2 aromatic rings. The number of rotatable bonds is 3. The summed E-state index contributed by atoms with van der Waals surface area (Å²) >= 11 is 13.8. The molecule has 3 nitrogen and oxygen atoms in total. The van der Waals surface area contributed by atoms with Crippen LogP contribution >= 0.6 is 58.9 Å². The molecule has 0 aliphatic carbocycles. The topological polar surface area (TPSA) is 45.1 Å². The van der Waals surface area contributed by atoms with Crippen LogP contribution in [-0.2, 0) is 0 Å². The van der Waals surface area contributed by atoms with E-state index in [-0.39, 0.29) is 29.1 Å². The van der Waals surface area contributed by atoms with E-state index in [0.29, 0.717) is 21.5 Å². The van der Waals surface area contributed by atoms with Gasteiger partial charge in [0.25, 0.3) is 0 Å². The molecule has 0 unspecified atom stereocenters. The predicted octanol–water partition coefficient (Wildman–Crippen LogP) is 6.73. The first-order valence-electron chi connectivity index (χ1n) is 6.55. The quantitative estimate of drug-likeness (QED) is 0.289. The van der Waals surface area contributed by atoms with Gasteiger partial charge in [-0.2, -0.15) is 0 Å². The lowest BCUT2D eigenvalue weighted by Gasteiger charge is -2.14. The molecule has 0 aliphatic rings. The highest BCUT2D eigenvalue weighted by Gasteiger charge is 2.12. The molecule has 0 amide bonds. The molecule has 0 radical (unpaired) electrons. The van der Waals surface area contributed by atoms with Crippen molar-refractivity contribution in [3.05, 3.63) is 51.5 Å². The number of halogens is 3.